The summed E-state index contributed by atoms with van der Waals surface area (Å²) in [6.07, 6.45) is 2.61. The van der Waals surface area contributed by atoms with Gasteiger partial charge in [0.05, 0.1) is 18.6 Å². The number of ether oxygens (including phenoxy) is 1. The van der Waals surface area contributed by atoms with Crippen LogP contribution in [0.5, 0.6) is 5.75 Å². The van der Waals surface area contributed by atoms with Gasteiger partial charge in [-0.3, -0.25) is 4.79 Å². The Hall–Kier alpha value is -3.46. The first kappa shape index (κ1) is 17.0. The predicted octanol–water partition coefficient (Wildman–Crippen LogP) is 1.02. The molecule has 0 saturated carbocycles. The van der Waals surface area contributed by atoms with Crippen molar-refractivity contribution in [1.82, 2.24) is 14.5 Å². The standard InChI is InChI=1S/C18H16N4O5/c23-12-3-1-11(2-4-12)22-10-14(17(25)26)15(24)13-9-19-18(20-16(13)22)21-5-7-27-8-6-21/h1-4,9-10,23H,5-8H2,(H,25,26). The second kappa shape index (κ2) is 6.69. The fourth-order valence-corrected chi connectivity index (χ4v) is 2.98. The number of hydrogen-bond donors (Lipinski definition) is 2. The van der Waals surface area contributed by atoms with E-state index in [1.54, 1.807) is 12.1 Å². The van der Waals surface area contributed by atoms with Crippen LogP contribution in [0.2, 0.25) is 0 Å². The maximum absolute atomic E-state index is 12.5. The van der Waals surface area contributed by atoms with Gasteiger partial charge in [-0.05, 0) is 24.3 Å². The van der Waals surface area contributed by atoms with Crippen LogP contribution < -0.4 is 10.3 Å². The zero-order valence-electron chi connectivity index (χ0n) is 14.2. The van der Waals surface area contributed by atoms with Crippen molar-refractivity contribution >= 4 is 23.0 Å². The van der Waals surface area contributed by atoms with Crippen molar-refractivity contribution in [2.75, 3.05) is 31.2 Å². The van der Waals surface area contributed by atoms with Crippen molar-refractivity contribution in [3.8, 4) is 11.4 Å². The highest BCUT2D eigenvalue weighted by Crippen LogP contribution is 2.20. The lowest BCUT2D eigenvalue weighted by atomic mass is 10.2. The summed E-state index contributed by atoms with van der Waals surface area (Å²) in [5, 5.41) is 19.0. The topological polar surface area (TPSA) is 118 Å². The van der Waals surface area contributed by atoms with Gasteiger partial charge in [-0.1, -0.05) is 0 Å². The highest BCUT2D eigenvalue weighted by atomic mass is 16.5. The van der Waals surface area contributed by atoms with Crippen molar-refractivity contribution in [1.29, 1.82) is 0 Å². The SMILES string of the molecule is O=C(O)c1cn(-c2ccc(O)cc2)c2nc(N3CCOCC3)ncc2c1=O. The minimum Gasteiger partial charge on any atom is -0.508 e. The van der Waals surface area contributed by atoms with E-state index in [0.29, 0.717) is 43.6 Å². The van der Waals surface area contributed by atoms with E-state index < -0.39 is 11.4 Å². The molecule has 27 heavy (non-hydrogen) atoms. The number of rotatable bonds is 3. The monoisotopic (exact) mass is 368 g/mol. The molecule has 1 aliphatic rings. The summed E-state index contributed by atoms with van der Waals surface area (Å²) in [6.45, 7) is 2.37. The molecule has 4 rings (SSSR count). The number of aromatic carboxylic acids is 1. The number of pyridine rings is 1. The number of carboxylic acids is 1. The van der Waals surface area contributed by atoms with Crippen LogP contribution in [0, 0.1) is 0 Å². The summed E-state index contributed by atoms with van der Waals surface area (Å²) < 4.78 is 6.85. The molecule has 1 fully saturated rings. The highest BCUT2D eigenvalue weighted by molar-refractivity contribution is 5.92. The molecule has 0 unspecified atom stereocenters. The molecule has 1 saturated heterocycles. The summed E-state index contributed by atoms with van der Waals surface area (Å²) >= 11 is 0. The molecule has 3 heterocycles. The number of fused-ring (bicyclic) bond motifs is 1. The Morgan fingerprint density at radius 1 is 1.15 bits per heavy atom. The molecule has 0 amide bonds. The van der Waals surface area contributed by atoms with Crippen molar-refractivity contribution < 1.29 is 19.7 Å². The highest BCUT2D eigenvalue weighted by Gasteiger charge is 2.20. The summed E-state index contributed by atoms with van der Waals surface area (Å²) in [4.78, 5) is 34.8. The Labute approximate surface area is 153 Å². The molecule has 2 aromatic heterocycles. The van der Waals surface area contributed by atoms with Gasteiger partial charge in [0.1, 0.15) is 11.3 Å². The molecule has 3 aromatic rings. The van der Waals surface area contributed by atoms with Crippen LogP contribution in [0.3, 0.4) is 0 Å². The lowest BCUT2D eigenvalue weighted by molar-refractivity contribution is 0.0695. The van der Waals surface area contributed by atoms with Crippen LogP contribution in [-0.2, 0) is 4.74 Å². The number of aromatic nitrogens is 3. The van der Waals surface area contributed by atoms with Crippen molar-refractivity contribution in [3.63, 3.8) is 0 Å². The number of phenols is 1. The van der Waals surface area contributed by atoms with E-state index in [1.165, 1.54) is 29.1 Å². The van der Waals surface area contributed by atoms with Crippen molar-refractivity contribution in [2.24, 2.45) is 0 Å². The van der Waals surface area contributed by atoms with Gasteiger partial charge in [-0.15, -0.1) is 0 Å². The second-order valence-electron chi connectivity index (χ2n) is 6.07. The predicted molar refractivity (Wildman–Crippen MR) is 96.8 cm³/mol. The number of carbonyl (C=O) groups is 1. The van der Waals surface area contributed by atoms with Crippen LogP contribution in [0.1, 0.15) is 10.4 Å². The maximum Gasteiger partial charge on any atom is 0.341 e. The van der Waals surface area contributed by atoms with E-state index in [4.69, 9.17) is 4.74 Å². The fraction of sp³-hybridized carbons (Fsp3) is 0.222. The van der Waals surface area contributed by atoms with E-state index in [9.17, 15) is 19.8 Å². The number of benzene rings is 1. The first-order valence-electron chi connectivity index (χ1n) is 8.32. The number of aromatic hydroxyl groups is 1. The fourth-order valence-electron chi connectivity index (χ4n) is 2.98. The van der Waals surface area contributed by atoms with Gasteiger partial charge in [-0.25, -0.2) is 9.78 Å². The molecule has 0 atom stereocenters. The quantitative estimate of drug-likeness (QED) is 0.704. The Morgan fingerprint density at radius 3 is 2.52 bits per heavy atom. The molecule has 2 N–H and O–H groups in total. The van der Waals surface area contributed by atoms with Gasteiger partial charge < -0.3 is 24.4 Å². The molecule has 0 spiro atoms. The lowest BCUT2D eigenvalue weighted by Gasteiger charge is -2.27. The lowest BCUT2D eigenvalue weighted by Crippen LogP contribution is -2.37. The molecule has 1 aromatic carbocycles. The number of carboxylic acid groups (broad SMARTS) is 1. The van der Waals surface area contributed by atoms with E-state index in [2.05, 4.69) is 9.97 Å². The Kier molecular flexibility index (Phi) is 4.21. The summed E-state index contributed by atoms with van der Waals surface area (Å²) in [5.41, 5.74) is -0.154. The van der Waals surface area contributed by atoms with E-state index in [0.717, 1.165) is 0 Å². The minimum absolute atomic E-state index is 0.0752. The Balaban J connectivity index is 1.96. The zero-order valence-corrected chi connectivity index (χ0v) is 14.2. The molecule has 0 aliphatic carbocycles. The maximum atomic E-state index is 12.5. The molecule has 0 bridgehead atoms. The van der Waals surface area contributed by atoms with Gasteiger partial charge in [0.15, 0.2) is 5.65 Å². The van der Waals surface area contributed by atoms with Gasteiger partial charge in [0, 0.05) is 31.2 Å². The Morgan fingerprint density at radius 2 is 1.85 bits per heavy atom. The van der Waals surface area contributed by atoms with E-state index >= 15 is 0 Å². The third-order valence-electron chi connectivity index (χ3n) is 4.38. The number of anilines is 1. The molecule has 9 nitrogen and oxygen atoms in total. The molecular formula is C18H16N4O5. The molecule has 0 radical (unpaired) electrons. The van der Waals surface area contributed by atoms with Crippen molar-refractivity contribution in [3.05, 3.63) is 52.4 Å². The van der Waals surface area contributed by atoms with Crippen LogP contribution in [-0.4, -0.2) is 57.0 Å². The number of morpholine rings is 1. The average Bonchev–Trinajstić information content (AvgIpc) is 2.69. The number of phenolic OH excluding ortho intramolecular Hbond substituents is 1. The van der Waals surface area contributed by atoms with Crippen LogP contribution in [0.15, 0.2) is 41.5 Å². The van der Waals surface area contributed by atoms with Gasteiger partial charge in [0.25, 0.3) is 0 Å². The number of nitrogens with zero attached hydrogens (tertiary/aromatic N) is 4. The Bertz CT molecular complexity index is 1070. The number of hydrogen-bond acceptors (Lipinski definition) is 7. The first-order chi connectivity index (χ1) is 13.0. The smallest absolute Gasteiger partial charge is 0.341 e. The van der Waals surface area contributed by atoms with Crippen LogP contribution in [0.4, 0.5) is 5.95 Å². The average molecular weight is 368 g/mol. The molecule has 1 aliphatic heterocycles. The van der Waals surface area contributed by atoms with Gasteiger partial charge in [0.2, 0.25) is 11.4 Å². The van der Waals surface area contributed by atoms with Crippen molar-refractivity contribution in [2.45, 2.75) is 0 Å². The molecule has 9 heteroatoms. The zero-order chi connectivity index (χ0) is 19.0. The second-order valence-corrected chi connectivity index (χ2v) is 6.07. The normalized spacial score (nSPS) is 14.4. The summed E-state index contributed by atoms with van der Waals surface area (Å²) in [7, 11) is 0. The third kappa shape index (κ3) is 3.08. The van der Waals surface area contributed by atoms with E-state index in [1.807, 2.05) is 4.90 Å². The summed E-state index contributed by atoms with van der Waals surface area (Å²) in [5.74, 6) is -0.807. The molecular weight excluding hydrogens is 352 g/mol. The summed E-state index contributed by atoms with van der Waals surface area (Å²) in [6, 6.07) is 6.18. The van der Waals surface area contributed by atoms with Crippen LogP contribution >= 0.6 is 0 Å². The minimum atomic E-state index is -1.33. The molecule has 138 valence electrons. The largest absolute Gasteiger partial charge is 0.508 e. The third-order valence-corrected chi connectivity index (χ3v) is 4.38. The van der Waals surface area contributed by atoms with E-state index in [-0.39, 0.29) is 16.7 Å². The van der Waals surface area contributed by atoms with Gasteiger partial charge >= 0.3 is 5.97 Å². The first-order valence-corrected chi connectivity index (χ1v) is 8.32. The van der Waals surface area contributed by atoms with Gasteiger partial charge in [-0.2, -0.15) is 4.98 Å². The van der Waals surface area contributed by atoms with Crippen LogP contribution in [0.25, 0.3) is 16.7 Å².